The van der Waals surface area contributed by atoms with Crippen LogP contribution in [-0.4, -0.2) is 66.1 Å². The van der Waals surface area contributed by atoms with Gasteiger partial charge in [0.25, 0.3) is 5.91 Å². The first-order valence-corrected chi connectivity index (χ1v) is 12.8. The van der Waals surface area contributed by atoms with Crippen molar-refractivity contribution in [1.82, 2.24) is 15.5 Å². The molecule has 0 saturated carbocycles. The van der Waals surface area contributed by atoms with Gasteiger partial charge in [-0.3, -0.25) is 14.4 Å². The number of halogens is 2. The third kappa shape index (κ3) is 7.98. The molecule has 0 radical (unpaired) electrons. The quantitative estimate of drug-likeness (QED) is 0.322. The number of carbonyl (C=O) groups is 3. The number of rotatable bonds is 9. The van der Waals surface area contributed by atoms with E-state index in [-0.39, 0.29) is 49.6 Å². The first-order chi connectivity index (χ1) is 18.3. The normalized spacial score (nSPS) is 15.2. The Morgan fingerprint density at radius 1 is 1.00 bits per heavy atom. The van der Waals surface area contributed by atoms with Gasteiger partial charge in [-0.05, 0) is 53.4 Å². The molecule has 0 bridgehead atoms. The van der Waals surface area contributed by atoms with Gasteiger partial charge >= 0.3 is 0 Å². The lowest BCUT2D eigenvalue weighted by Crippen LogP contribution is -2.52. The molecule has 3 aromatic carbocycles. The van der Waals surface area contributed by atoms with Crippen molar-refractivity contribution in [3.8, 4) is 0 Å². The van der Waals surface area contributed by atoms with Gasteiger partial charge < -0.3 is 26.4 Å². The monoisotopic (exact) mass is 556 g/mol. The van der Waals surface area contributed by atoms with Crippen molar-refractivity contribution in [3.05, 3.63) is 83.7 Å². The molecule has 1 fully saturated rings. The fraction of sp³-hybridized carbons (Fsp3) is 0.345. The molecule has 5 N–H and O–H groups in total. The van der Waals surface area contributed by atoms with Crippen LogP contribution in [0.25, 0.3) is 10.8 Å². The molecule has 1 heterocycles. The van der Waals surface area contributed by atoms with Crippen LogP contribution in [0, 0.1) is 11.7 Å². The van der Waals surface area contributed by atoms with Crippen molar-refractivity contribution in [2.75, 3.05) is 26.2 Å². The molecule has 208 valence electrons. The molecule has 1 unspecified atom stereocenters. The number of nitrogens with zero attached hydrogens (tertiary/aromatic N) is 1. The molecule has 3 amide bonds. The number of fused-ring (bicyclic) bond motifs is 1. The lowest BCUT2D eigenvalue weighted by Gasteiger charge is -2.32. The third-order valence-corrected chi connectivity index (χ3v) is 6.91. The van der Waals surface area contributed by atoms with Crippen LogP contribution in [0.2, 0.25) is 0 Å². The van der Waals surface area contributed by atoms with Gasteiger partial charge in [0, 0.05) is 44.1 Å². The smallest absolute Gasteiger partial charge is 0.253 e. The van der Waals surface area contributed by atoms with E-state index in [9.17, 15) is 23.9 Å². The number of carbonyl (C=O) groups excluding carboxylic acids is 3. The molecule has 0 spiro atoms. The van der Waals surface area contributed by atoms with E-state index in [4.69, 9.17) is 5.73 Å². The number of benzene rings is 3. The van der Waals surface area contributed by atoms with E-state index in [1.807, 2.05) is 42.5 Å². The standard InChI is InChI=1S/C29H33FN4O4.ClH/c30-24-9-7-22(8-10-24)29(38)34-13-11-21(12-14-34)27(36)33-26(28(37)32-18-25(35)17-31)16-19-5-6-20-3-1-2-4-23(20)15-19;/h1-10,15,21,25-26,35H,11-14,16-18,31H2,(H,32,37)(H,33,36);1H/t25?,26-;/m1./s1. The molecule has 0 aliphatic carbocycles. The minimum atomic E-state index is -0.876. The second kappa shape index (κ2) is 14.0. The van der Waals surface area contributed by atoms with E-state index in [1.54, 1.807) is 4.90 Å². The Morgan fingerprint density at radius 2 is 1.67 bits per heavy atom. The highest BCUT2D eigenvalue weighted by Gasteiger charge is 2.30. The summed E-state index contributed by atoms with van der Waals surface area (Å²) in [6, 6.07) is 18.4. The summed E-state index contributed by atoms with van der Waals surface area (Å²) in [5.41, 5.74) is 6.75. The van der Waals surface area contributed by atoms with Gasteiger partial charge in [-0.2, -0.15) is 0 Å². The Morgan fingerprint density at radius 3 is 2.33 bits per heavy atom. The first kappa shape index (κ1) is 30.0. The van der Waals surface area contributed by atoms with E-state index in [0.717, 1.165) is 16.3 Å². The average Bonchev–Trinajstić information content (AvgIpc) is 2.95. The highest BCUT2D eigenvalue weighted by molar-refractivity contribution is 5.94. The summed E-state index contributed by atoms with van der Waals surface area (Å²) in [6.45, 7) is 0.775. The summed E-state index contributed by atoms with van der Waals surface area (Å²) in [5, 5.41) is 17.5. The Balaban J connectivity index is 0.00000420. The number of piperidine rings is 1. The zero-order valence-electron chi connectivity index (χ0n) is 21.5. The predicted molar refractivity (Wildman–Crippen MR) is 150 cm³/mol. The summed E-state index contributed by atoms with van der Waals surface area (Å²) < 4.78 is 13.2. The number of aliphatic hydroxyl groups excluding tert-OH is 1. The average molecular weight is 557 g/mol. The van der Waals surface area contributed by atoms with E-state index >= 15 is 0 Å². The van der Waals surface area contributed by atoms with Gasteiger partial charge in [-0.25, -0.2) is 4.39 Å². The SMILES string of the molecule is Cl.NCC(O)CNC(=O)[C@@H](Cc1ccc2ccccc2c1)NC(=O)C1CCN(C(=O)c2ccc(F)cc2)CC1. The molecule has 8 nitrogen and oxygen atoms in total. The summed E-state index contributed by atoms with van der Waals surface area (Å²) in [5.74, 6) is -1.61. The zero-order chi connectivity index (χ0) is 27.1. The Labute approximate surface area is 233 Å². The number of likely N-dealkylation sites (tertiary alicyclic amines) is 1. The van der Waals surface area contributed by atoms with E-state index in [1.165, 1.54) is 24.3 Å². The number of nitrogens with one attached hydrogen (secondary N) is 2. The van der Waals surface area contributed by atoms with Gasteiger partial charge in [0.1, 0.15) is 11.9 Å². The lowest BCUT2D eigenvalue weighted by atomic mass is 9.94. The van der Waals surface area contributed by atoms with Crippen molar-refractivity contribution < 1.29 is 23.9 Å². The number of nitrogens with two attached hydrogens (primary N) is 1. The molecular formula is C29H34ClFN4O4. The van der Waals surface area contributed by atoms with Crippen molar-refractivity contribution in [2.45, 2.75) is 31.4 Å². The summed E-state index contributed by atoms with van der Waals surface area (Å²) >= 11 is 0. The van der Waals surface area contributed by atoms with Gasteiger partial charge in [0.05, 0.1) is 6.10 Å². The maximum Gasteiger partial charge on any atom is 0.253 e. The molecule has 39 heavy (non-hydrogen) atoms. The third-order valence-electron chi connectivity index (χ3n) is 6.91. The molecule has 1 aliphatic heterocycles. The number of hydrogen-bond donors (Lipinski definition) is 4. The minimum absolute atomic E-state index is 0. The maximum absolute atomic E-state index is 13.2. The summed E-state index contributed by atoms with van der Waals surface area (Å²) in [4.78, 5) is 40.6. The van der Waals surface area contributed by atoms with Crippen molar-refractivity contribution in [1.29, 1.82) is 0 Å². The van der Waals surface area contributed by atoms with Gasteiger partial charge in [0.2, 0.25) is 11.8 Å². The van der Waals surface area contributed by atoms with Crippen molar-refractivity contribution in [3.63, 3.8) is 0 Å². The van der Waals surface area contributed by atoms with E-state index < -0.39 is 23.9 Å². The molecule has 3 aromatic rings. The Bertz CT molecular complexity index is 1280. The lowest BCUT2D eigenvalue weighted by molar-refractivity contribution is -0.132. The van der Waals surface area contributed by atoms with Gasteiger partial charge in [-0.1, -0.05) is 42.5 Å². The predicted octanol–water partition coefficient (Wildman–Crippen LogP) is 2.42. The first-order valence-electron chi connectivity index (χ1n) is 12.8. The second-order valence-electron chi connectivity index (χ2n) is 9.65. The highest BCUT2D eigenvalue weighted by Crippen LogP contribution is 2.21. The molecule has 1 saturated heterocycles. The fourth-order valence-corrected chi connectivity index (χ4v) is 4.65. The van der Waals surface area contributed by atoms with Crippen LogP contribution < -0.4 is 16.4 Å². The van der Waals surface area contributed by atoms with Crippen LogP contribution in [0.4, 0.5) is 4.39 Å². The van der Waals surface area contributed by atoms with Crippen LogP contribution in [0.5, 0.6) is 0 Å². The van der Waals surface area contributed by atoms with Crippen LogP contribution in [0.15, 0.2) is 66.7 Å². The highest BCUT2D eigenvalue weighted by atomic mass is 35.5. The van der Waals surface area contributed by atoms with Gasteiger partial charge in [-0.15, -0.1) is 12.4 Å². The summed E-state index contributed by atoms with van der Waals surface area (Å²) in [7, 11) is 0. The van der Waals surface area contributed by atoms with Crippen molar-refractivity contribution >= 4 is 40.9 Å². The molecular weight excluding hydrogens is 523 g/mol. The largest absolute Gasteiger partial charge is 0.390 e. The minimum Gasteiger partial charge on any atom is -0.390 e. The fourth-order valence-electron chi connectivity index (χ4n) is 4.65. The van der Waals surface area contributed by atoms with Crippen LogP contribution >= 0.6 is 12.4 Å². The number of aliphatic hydroxyl groups is 1. The van der Waals surface area contributed by atoms with E-state index in [2.05, 4.69) is 10.6 Å². The van der Waals surface area contributed by atoms with Gasteiger partial charge in [0.15, 0.2) is 0 Å². The second-order valence-corrected chi connectivity index (χ2v) is 9.65. The topological polar surface area (TPSA) is 125 Å². The van der Waals surface area contributed by atoms with Crippen LogP contribution in [-0.2, 0) is 16.0 Å². The molecule has 4 rings (SSSR count). The molecule has 10 heteroatoms. The van der Waals surface area contributed by atoms with Crippen LogP contribution in [0.1, 0.15) is 28.8 Å². The Hall–Kier alpha value is -3.53. The van der Waals surface area contributed by atoms with Crippen molar-refractivity contribution in [2.24, 2.45) is 11.7 Å². The van der Waals surface area contributed by atoms with Crippen LogP contribution in [0.3, 0.4) is 0 Å². The summed E-state index contributed by atoms with van der Waals surface area (Å²) in [6.07, 6.45) is 0.311. The number of hydrogen-bond acceptors (Lipinski definition) is 5. The van der Waals surface area contributed by atoms with E-state index in [0.29, 0.717) is 31.5 Å². The Kier molecular flexibility index (Phi) is 10.8. The molecule has 1 aliphatic rings. The zero-order valence-corrected chi connectivity index (χ0v) is 22.3. The molecule has 2 atom stereocenters. The molecule has 0 aromatic heterocycles. The number of amides is 3. The maximum atomic E-state index is 13.2.